The first-order valence-electron chi connectivity index (χ1n) is 7.95. The van der Waals surface area contributed by atoms with Gasteiger partial charge in [0.15, 0.2) is 12.4 Å². The third-order valence-corrected chi connectivity index (χ3v) is 4.15. The molecule has 0 spiro atoms. The van der Waals surface area contributed by atoms with Crippen LogP contribution in [-0.2, 0) is 12.0 Å². The quantitative estimate of drug-likeness (QED) is 0.493. The fourth-order valence-electron chi connectivity index (χ4n) is 2.69. The van der Waals surface area contributed by atoms with Gasteiger partial charge in [-0.1, -0.05) is 63.2 Å². The number of rotatable bonds is 3. The Morgan fingerprint density at radius 3 is 2.17 bits per heavy atom. The molecule has 0 atom stereocenters. The molecule has 0 aliphatic rings. The maximum atomic E-state index is 12.5. The summed E-state index contributed by atoms with van der Waals surface area (Å²) >= 11 is 0. The normalized spacial score (nSPS) is 11.1. The van der Waals surface area contributed by atoms with Gasteiger partial charge in [0.2, 0.25) is 12.3 Å². The van der Waals surface area contributed by atoms with Gasteiger partial charge in [0.1, 0.15) is 0 Å². The SMILES string of the molecule is CC(C)(C)c1ccc(C(=O)C[n+]2ccc3ccccc3c2)cc1.[Br-]. The predicted octanol–water partition coefficient (Wildman–Crippen LogP) is 1.31. The van der Waals surface area contributed by atoms with E-state index < -0.39 is 0 Å². The van der Waals surface area contributed by atoms with Gasteiger partial charge >= 0.3 is 0 Å². The first-order valence-corrected chi connectivity index (χ1v) is 7.95. The zero-order valence-corrected chi connectivity index (χ0v) is 15.9. The van der Waals surface area contributed by atoms with E-state index in [9.17, 15) is 4.79 Å². The highest BCUT2D eigenvalue weighted by molar-refractivity contribution is 5.95. The fourth-order valence-corrected chi connectivity index (χ4v) is 2.69. The summed E-state index contributed by atoms with van der Waals surface area (Å²) in [7, 11) is 0. The molecule has 3 rings (SSSR count). The molecule has 124 valence electrons. The van der Waals surface area contributed by atoms with Crippen molar-refractivity contribution in [2.75, 3.05) is 0 Å². The molecule has 0 radical (unpaired) electrons. The van der Waals surface area contributed by atoms with Crippen LogP contribution in [0.2, 0.25) is 0 Å². The lowest BCUT2D eigenvalue weighted by Gasteiger charge is -2.18. The minimum atomic E-state index is 0. The van der Waals surface area contributed by atoms with Gasteiger partial charge in [-0.25, -0.2) is 0 Å². The van der Waals surface area contributed by atoms with Gasteiger partial charge in [-0.2, -0.15) is 4.57 Å². The number of ketones is 1. The molecule has 3 heteroatoms. The van der Waals surface area contributed by atoms with Gasteiger partial charge in [0.25, 0.3) is 0 Å². The molecule has 24 heavy (non-hydrogen) atoms. The van der Waals surface area contributed by atoms with E-state index >= 15 is 0 Å². The maximum absolute atomic E-state index is 12.5. The molecule has 0 fully saturated rings. The minimum absolute atomic E-state index is 0. The molecular formula is C21H22BrNO. The zero-order valence-electron chi connectivity index (χ0n) is 14.3. The smallest absolute Gasteiger partial charge is 0.227 e. The molecule has 0 aliphatic heterocycles. The zero-order chi connectivity index (χ0) is 16.4. The predicted molar refractivity (Wildman–Crippen MR) is 93.6 cm³/mol. The van der Waals surface area contributed by atoms with E-state index in [1.807, 2.05) is 47.3 Å². The molecule has 1 heterocycles. The fraction of sp³-hybridized carbons (Fsp3) is 0.238. The Labute approximate surface area is 153 Å². The minimum Gasteiger partial charge on any atom is -1.00 e. The summed E-state index contributed by atoms with van der Waals surface area (Å²) < 4.78 is 1.95. The Balaban J connectivity index is 0.00000208. The van der Waals surface area contributed by atoms with E-state index in [2.05, 4.69) is 45.0 Å². The van der Waals surface area contributed by atoms with E-state index in [0.717, 1.165) is 10.9 Å². The first-order chi connectivity index (χ1) is 10.9. The Kier molecular flexibility index (Phi) is 5.55. The monoisotopic (exact) mass is 383 g/mol. The van der Waals surface area contributed by atoms with Gasteiger partial charge in [-0.15, -0.1) is 0 Å². The van der Waals surface area contributed by atoms with Crippen molar-refractivity contribution in [3.63, 3.8) is 0 Å². The number of nitrogens with zero attached hydrogens (tertiary/aromatic N) is 1. The van der Waals surface area contributed by atoms with Crippen LogP contribution in [0.25, 0.3) is 10.8 Å². The van der Waals surface area contributed by atoms with Crippen LogP contribution in [-0.4, -0.2) is 5.78 Å². The second-order valence-corrected chi connectivity index (χ2v) is 7.00. The molecule has 1 aromatic heterocycles. The average molecular weight is 384 g/mol. The van der Waals surface area contributed by atoms with Crippen molar-refractivity contribution in [1.82, 2.24) is 0 Å². The molecule has 0 saturated carbocycles. The lowest BCUT2D eigenvalue weighted by atomic mass is 9.86. The van der Waals surface area contributed by atoms with Crippen LogP contribution in [0.1, 0.15) is 36.7 Å². The highest BCUT2D eigenvalue weighted by Gasteiger charge is 2.16. The molecule has 3 aromatic rings. The average Bonchev–Trinajstić information content (AvgIpc) is 2.54. The Morgan fingerprint density at radius 1 is 0.917 bits per heavy atom. The van der Waals surface area contributed by atoms with E-state index in [-0.39, 0.29) is 28.2 Å². The van der Waals surface area contributed by atoms with E-state index in [1.165, 1.54) is 10.9 Å². The molecule has 0 bridgehead atoms. The van der Waals surface area contributed by atoms with Crippen molar-refractivity contribution in [2.45, 2.75) is 32.7 Å². The Morgan fingerprint density at radius 2 is 1.54 bits per heavy atom. The number of fused-ring (bicyclic) bond motifs is 1. The van der Waals surface area contributed by atoms with Gasteiger partial charge in [0, 0.05) is 17.0 Å². The van der Waals surface area contributed by atoms with Crippen molar-refractivity contribution in [2.24, 2.45) is 0 Å². The molecule has 0 amide bonds. The van der Waals surface area contributed by atoms with Gasteiger partial charge < -0.3 is 17.0 Å². The Hall–Kier alpha value is -2.00. The van der Waals surface area contributed by atoms with Crippen LogP contribution in [0.3, 0.4) is 0 Å². The summed E-state index contributed by atoms with van der Waals surface area (Å²) in [5.74, 6) is 0.130. The number of Topliss-reactive ketones (excluding diaryl/α,β-unsaturated/α-hetero) is 1. The molecule has 0 unspecified atom stereocenters. The Bertz CT molecular complexity index is 848. The summed E-state index contributed by atoms with van der Waals surface area (Å²) in [6.07, 6.45) is 3.99. The van der Waals surface area contributed by atoms with Gasteiger partial charge in [-0.05, 0) is 22.4 Å². The summed E-state index contributed by atoms with van der Waals surface area (Å²) in [6.45, 7) is 6.89. The number of halogens is 1. The lowest BCUT2D eigenvalue weighted by Crippen LogP contribution is -3.00. The number of hydrogen-bond donors (Lipinski definition) is 0. The van der Waals surface area contributed by atoms with Crippen molar-refractivity contribution >= 4 is 16.6 Å². The molecular weight excluding hydrogens is 362 g/mol. The summed E-state index contributed by atoms with van der Waals surface area (Å²) in [5, 5.41) is 2.33. The topological polar surface area (TPSA) is 20.9 Å². The molecule has 2 aromatic carbocycles. The second kappa shape index (κ2) is 7.27. The molecule has 2 nitrogen and oxygen atoms in total. The van der Waals surface area contributed by atoms with Crippen LogP contribution in [0.4, 0.5) is 0 Å². The van der Waals surface area contributed by atoms with E-state index in [1.54, 1.807) is 0 Å². The summed E-state index contributed by atoms with van der Waals surface area (Å²) in [6, 6.07) is 18.2. The van der Waals surface area contributed by atoms with Crippen molar-refractivity contribution in [3.8, 4) is 0 Å². The van der Waals surface area contributed by atoms with E-state index in [0.29, 0.717) is 6.54 Å². The van der Waals surface area contributed by atoms with Crippen molar-refractivity contribution in [1.29, 1.82) is 0 Å². The second-order valence-electron chi connectivity index (χ2n) is 7.00. The molecule has 0 N–H and O–H groups in total. The highest BCUT2D eigenvalue weighted by atomic mass is 79.9. The van der Waals surface area contributed by atoms with Crippen LogP contribution >= 0.6 is 0 Å². The van der Waals surface area contributed by atoms with Crippen LogP contribution in [0.5, 0.6) is 0 Å². The van der Waals surface area contributed by atoms with Gasteiger partial charge in [0.05, 0.1) is 0 Å². The van der Waals surface area contributed by atoms with Crippen LogP contribution in [0, 0.1) is 0 Å². The van der Waals surface area contributed by atoms with Crippen LogP contribution in [0.15, 0.2) is 67.0 Å². The first kappa shape index (κ1) is 18.3. The molecule has 0 saturated heterocycles. The third-order valence-electron chi connectivity index (χ3n) is 4.15. The number of benzene rings is 2. The number of hydrogen-bond acceptors (Lipinski definition) is 1. The van der Waals surface area contributed by atoms with Crippen molar-refractivity contribution in [3.05, 3.63) is 78.1 Å². The van der Waals surface area contributed by atoms with E-state index in [4.69, 9.17) is 0 Å². The number of pyridine rings is 1. The number of aromatic nitrogens is 1. The van der Waals surface area contributed by atoms with Crippen LogP contribution < -0.4 is 21.5 Å². The largest absolute Gasteiger partial charge is 1.00 e. The van der Waals surface area contributed by atoms with Crippen molar-refractivity contribution < 1.29 is 26.3 Å². The summed E-state index contributed by atoms with van der Waals surface area (Å²) in [5.41, 5.74) is 2.11. The number of carbonyl (C=O) groups excluding carboxylic acids is 1. The highest BCUT2D eigenvalue weighted by Crippen LogP contribution is 2.22. The summed E-state index contributed by atoms with van der Waals surface area (Å²) in [4.78, 5) is 12.5. The standard InChI is InChI=1S/C21H22NO.BrH/c1-21(2,3)19-10-8-17(9-11-19)20(23)15-22-13-12-16-6-4-5-7-18(16)14-22;/h4-14H,15H2,1-3H3;1H/q+1;/p-1. The number of carbonyl (C=O) groups is 1. The maximum Gasteiger partial charge on any atom is 0.227 e. The lowest BCUT2D eigenvalue weighted by molar-refractivity contribution is -0.681. The third kappa shape index (κ3) is 4.09. The molecule has 0 aliphatic carbocycles. The van der Waals surface area contributed by atoms with Gasteiger partial charge in [-0.3, -0.25) is 4.79 Å².